The topological polar surface area (TPSA) is 74.7 Å². The summed E-state index contributed by atoms with van der Waals surface area (Å²) in [5.74, 6) is 0.564. The number of esters is 1. The molecular formula is C20H23NO5. The van der Waals surface area contributed by atoms with Crippen LogP contribution in [0.25, 0.3) is 0 Å². The number of carbonyl (C=O) groups is 2. The molecule has 0 unspecified atom stereocenters. The predicted molar refractivity (Wildman–Crippen MR) is 97.0 cm³/mol. The van der Waals surface area contributed by atoms with Gasteiger partial charge in [0.25, 0.3) is 0 Å². The lowest BCUT2D eigenvalue weighted by molar-refractivity contribution is 0.0521. The zero-order valence-electron chi connectivity index (χ0n) is 15.5. The van der Waals surface area contributed by atoms with E-state index in [2.05, 4.69) is 4.98 Å². The van der Waals surface area contributed by atoms with E-state index in [1.165, 1.54) is 0 Å². The van der Waals surface area contributed by atoms with Crippen molar-refractivity contribution in [2.24, 2.45) is 0 Å². The number of rotatable bonds is 8. The Morgan fingerprint density at radius 1 is 1.08 bits per heavy atom. The molecule has 0 N–H and O–H groups in total. The van der Waals surface area contributed by atoms with Crippen molar-refractivity contribution in [3.63, 3.8) is 0 Å². The van der Waals surface area contributed by atoms with Gasteiger partial charge in [0.2, 0.25) is 0 Å². The van der Waals surface area contributed by atoms with Gasteiger partial charge in [0.1, 0.15) is 12.9 Å². The number of aromatic nitrogens is 1. The SMILES string of the molecule is CCOC(=O)c1c(COc2ccc(C=O)cc2OCC)cc(C)nc1C. The smallest absolute Gasteiger partial charge is 0.340 e. The molecule has 0 saturated carbocycles. The van der Waals surface area contributed by atoms with Crippen molar-refractivity contribution >= 4 is 12.3 Å². The maximum Gasteiger partial charge on any atom is 0.340 e. The molecule has 0 amide bonds. The maximum absolute atomic E-state index is 12.3. The summed E-state index contributed by atoms with van der Waals surface area (Å²) in [4.78, 5) is 27.6. The molecule has 0 atom stereocenters. The quantitative estimate of drug-likeness (QED) is 0.530. The number of pyridine rings is 1. The van der Waals surface area contributed by atoms with Gasteiger partial charge in [-0.3, -0.25) is 9.78 Å². The monoisotopic (exact) mass is 357 g/mol. The Labute approximate surface area is 153 Å². The van der Waals surface area contributed by atoms with Gasteiger partial charge < -0.3 is 14.2 Å². The highest BCUT2D eigenvalue weighted by Crippen LogP contribution is 2.29. The van der Waals surface area contributed by atoms with Crippen LogP contribution in [0.3, 0.4) is 0 Å². The van der Waals surface area contributed by atoms with Gasteiger partial charge in [-0.2, -0.15) is 0 Å². The third kappa shape index (κ3) is 4.59. The predicted octanol–water partition coefficient (Wildman–Crippen LogP) is 3.67. The van der Waals surface area contributed by atoms with Crippen LogP contribution in [-0.4, -0.2) is 30.5 Å². The molecule has 0 radical (unpaired) electrons. The third-order valence-corrected chi connectivity index (χ3v) is 3.68. The van der Waals surface area contributed by atoms with Gasteiger partial charge in [0, 0.05) is 16.8 Å². The van der Waals surface area contributed by atoms with Gasteiger partial charge in [0.05, 0.1) is 24.5 Å². The van der Waals surface area contributed by atoms with E-state index in [9.17, 15) is 9.59 Å². The largest absolute Gasteiger partial charge is 0.490 e. The lowest BCUT2D eigenvalue weighted by atomic mass is 10.1. The minimum absolute atomic E-state index is 0.152. The standard InChI is InChI=1S/C20H23NO5/c1-5-24-18-10-15(11-22)7-8-17(18)26-12-16-9-13(3)21-14(4)19(16)20(23)25-6-2/h7-11H,5-6,12H2,1-4H3. The average Bonchev–Trinajstić information content (AvgIpc) is 2.60. The summed E-state index contributed by atoms with van der Waals surface area (Å²) in [7, 11) is 0. The Balaban J connectivity index is 2.32. The molecule has 0 aliphatic rings. The highest BCUT2D eigenvalue weighted by atomic mass is 16.5. The van der Waals surface area contributed by atoms with Gasteiger partial charge in [-0.25, -0.2) is 4.79 Å². The normalized spacial score (nSPS) is 10.3. The van der Waals surface area contributed by atoms with Crippen molar-refractivity contribution in [2.75, 3.05) is 13.2 Å². The zero-order chi connectivity index (χ0) is 19.1. The number of aryl methyl sites for hydroxylation is 2. The number of hydrogen-bond acceptors (Lipinski definition) is 6. The molecule has 0 aliphatic heterocycles. The second-order valence-corrected chi connectivity index (χ2v) is 5.65. The van der Waals surface area contributed by atoms with Crippen LogP contribution < -0.4 is 9.47 Å². The first-order valence-electron chi connectivity index (χ1n) is 8.49. The molecule has 2 aromatic rings. The minimum atomic E-state index is -0.419. The van der Waals surface area contributed by atoms with Crippen LogP contribution >= 0.6 is 0 Å². The van der Waals surface area contributed by atoms with E-state index in [4.69, 9.17) is 14.2 Å². The zero-order valence-corrected chi connectivity index (χ0v) is 15.5. The van der Waals surface area contributed by atoms with Gasteiger partial charge in [-0.05, 0) is 52.0 Å². The fourth-order valence-corrected chi connectivity index (χ4v) is 2.65. The van der Waals surface area contributed by atoms with Crippen LogP contribution in [0, 0.1) is 13.8 Å². The molecular weight excluding hydrogens is 334 g/mol. The van der Waals surface area contributed by atoms with E-state index < -0.39 is 5.97 Å². The van der Waals surface area contributed by atoms with E-state index in [0.29, 0.717) is 40.5 Å². The number of carbonyl (C=O) groups excluding carboxylic acids is 2. The van der Waals surface area contributed by atoms with E-state index in [1.807, 2.05) is 13.8 Å². The first-order valence-corrected chi connectivity index (χ1v) is 8.49. The van der Waals surface area contributed by atoms with Gasteiger partial charge in [-0.1, -0.05) is 0 Å². The minimum Gasteiger partial charge on any atom is -0.490 e. The Morgan fingerprint density at radius 3 is 2.50 bits per heavy atom. The van der Waals surface area contributed by atoms with Crippen molar-refractivity contribution in [1.82, 2.24) is 4.98 Å². The molecule has 0 saturated heterocycles. The molecule has 1 heterocycles. The molecule has 0 aliphatic carbocycles. The van der Waals surface area contributed by atoms with E-state index in [1.54, 1.807) is 38.1 Å². The fraction of sp³-hybridized carbons (Fsp3) is 0.350. The second kappa shape index (κ2) is 8.99. The number of aldehydes is 1. The Hall–Kier alpha value is -2.89. The van der Waals surface area contributed by atoms with Crippen molar-refractivity contribution < 1.29 is 23.8 Å². The fourth-order valence-electron chi connectivity index (χ4n) is 2.65. The van der Waals surface area contributed by atoms with Gasteiger partial charge in [0.15, 0.2) is 11.5 Å². The van der Waals surface area contributed by atoms with Crippen molar-refractivity contribution in [3.05, 3.63) is 52.3 Å². The molecule has 0 spiro atoms. The van der Waals surface area contributed by atoms with Gasteiger partial charge >= 0.3 is 5.97 Å². The van der Waals surface area contributed by atoms with Crippen LogP contribution in [-0.2, 0) is 11.3 Å². The summed E-state index contributed by atoms with van der Waals surface area (Å²) in [5.41, 5.74) is 3.00. The summed E-state index contributed by atoms with van der Waals surface area (Å²) < 4.78 is 16.6. The number of benzene rings is 1. The molecule has 2 rings (SSSR count). The number of ether oxygens (including phenoxy) is 3. The maximum atomic E-state index is 12.3. The van der Waals surface area contributed by atoms with Gasteiger partial charge in [-0.15, -0.1) is 0 Å². The van der Waals surface area contributed by atoms with E-state index >= 15 is 0 Å². The average molecular weight is 357 g/mol. The van der Waals surface area contributed by atoms with E-state index in [0.717, 1.165) is 12.0 Å². The van der Waals surface area contributed by atoms with Crippen LogP contribution in [0.2, 0.25) is 0 Å². The number of nitrogens with zero attached hydrogens (tertiary/aromatic N) is 1. The van der Waals surface area contributed by atoms with Crippen LogP contribution in [0.15, 0.2) is 24.3 Å². The van der Waals surface area contributed by atoms with Crippen molar-refractivity contribution in [3.8, 4) is 11.5 Å². The molecule has 6 heteroatoms. The van der Waals surface area contributed by atoms with Crippen LogP contribution in [0.4, 0.5) is 0 Å². The highest BCUT2D eigenvalue weighted by molar-refractivity contribution is 5.92. The van der Waals surface area contributed by atoms with Crippen LogP contribution in [0.1, 0.15) is 51.5 Å². The summed E-state index contributed by atoms with van der Waals surface area (Å²) in [5, 5.41) is 0. The molecule has 1 aromatic carbocycles. The molecule has 26 heavy (non-hydrogen) atoms. The summed E-state index contributed by atoms with van der Waals surface area (Å²) in [6, 6.07) is 6.76. The molecule has 1 aromatic heterocycles. The Bertz CT molecular complexity index is 801. The third-order valence-electron chi connectivity index (χ3n) is 3.68. The second-order valence-electron chi connectivity index (χ2n) is 5.65. The van der Waals surface area contributed by atoms with E-state index in [-0.39, 0.29) is 13.2 Å². The molecule has 0 bridgehead atoms. The highest BCUT2D eigenvalue weighted by Gasteiger charge is 2.18. The van der Waals surface area contributed by atoms with Crippen molar-refractivity contribution in [1.29, 1.82) is 0 Å². The summed E-state index contributed by atoms with van der Waals surface area (Å²) >= 11 is 0. The molecule has 6 nitrogen and oxygen atoms in total. The lowest BCUT2D eigenvalue weighted by Gasteiger charge is -2.15. The number of hydrogen-bond donors (Lipinski definition) is 0. The molecule has 0 fully saturated rings. The first kappa shape index (κ1) is 19.4. The van der Waals surface area contributed by atoms with Crippen LogP contribution in [0.5, 0.6) is 11.5 Å². The Kier molecular flexibility index (Phi) is 6.72. The first-order chi connectivity index (χ1) is 12.5. The lowest BCUT2D eigenvalue weighted by Crippen LogP contribution is -2.14. The molecule has 138 valence electrons. The van der Waals surface area contributed by atoms with Crippen molar-refractivity contribution in [2.45, 2.75) is 34.3 Å². The summed E-state index contributed by atoms with van der Waals surface area (Å²) in [6.07, 6.45) is 0.751. The summed E-state index contributed by atoms with van der Waals surface area (Å²) in [6.45, 7) is 8.12. The Morgan fingerprint density at radius 2 is 1.85 bits per heavy atom.